The lowest BCUT2D eigenvalue weighted by atomic mass is 9.79. The van der Waals surface area contributed by atoms with E-state index >= 15 is 0 Å². The zero-order valence-electron chi connectivity index (χ0n) is 21.0. The Morgan fingerprint density at radius 1 is 1.00 bits per heavy atom. The number of thiazole rings is 1. The lowest BCUT2D eigenvalue weighted by molar-refractivity contribution is 0.00578. The van der Waals surface area contributed by atoms with E-state index in [1.54, 1.807) is 17.6 Å². The first-order chi connectivity index (χ1) is 17.1. The molecule has 1 saturated heterocycles. The molecule has 0 bridgehead atoms. The smallest absolute Gasteiger partial charge is 0.437 e. The number of hydrogen-bond acceptors (Lipinski definition) is 9. The van der Waals surface area contributed by atoms with E-state index in [2.05, 4.69) is 26.3 Å². The van der Waals surface area contributed by atoms with Crippen molar-refractivity contribution in [3.05, 3.63) is 58.6 Å². The van der Waals surface area contributed by atoms with Gasteiger partial charge in [-0.25, -0.2) is 4.98 Å². The SMILES string of the molecule is Cc1cc(C#N)cc(C)c1Oc1nc(Nc2ccc(B3OC(C)(C)C(C)(C)O3)cc2)nc2ncsc12. The first-order valence-electron chi connectivity index (χ1n) is 11.6. The molecule has 0 saturated carbocycles. The summed E-state index contributed by atoms with van der Waals surface area (Å²) < 4.78 is 19.3. The summed E-state index contributed by atoms with van der Waals surface area (Å²) in [6.45, 7) is 12.0. The number of nitriles is 1. The normalized spacial score (nSPS) is 16.2. The number of aryl methyl sites for hydroxylation is 2. The molecule has 5 rings (SSSR count). The highest BCUT2D eigenvalue weighted by Crippen LogP contribution is 2.37. The zero-order valence-corrected chi connectivity index (χ0v) is 21.9. The number of benzene rings is 2. The number of rotatable bonds is 5. The van der Waals surface area contributed by atoms with Gasteiger partial charge in [-0.2, -0.15) is 15.2 Å². The summed E-state index contributed by atoms with van der Waals surface area (Å²) in [6, 6.07) is 13.6. The molecule has 0 radical (unpaired) electrons. The van der Waals surface area contributed by atoms with Crippen molar-refractivity contribution in [2.45, 2.75) is 52.7 Å². The molecule has 4 aromatic rings. The van der Waals surface area contributed by atoms with Gasteiger partial charge in [-0.1, -0.05) is 12.1 Å². The summed E-state index contributed by atoms with van der Waals surface area (Å²) in [5.74, 6) is 1.45. The Balaban J connectivity index is 1.40. The first kappa shape index (κ1) is 24.2. The Morgan fingerprint density at radius 2 is 1.64 bits per heavy atom. The van der Waals surface area contributed by atoms with Gasteiger partial charge in [-0.05, 0) is 82.4 Å². The Hall–Kier alpha value is -3.52. The van der Waals surface area contributed by atoms with Crippen LogP contribution >= 0.6 is 11.3 Å². The van der Waals surface area contributed by atoms with Crippen LogP contribution in [0.2, 0.25) is 0 Å². The van der Waals surface area contributed by atoms with Gasteiger partial charge < -0.3 is 19.4 Å². The quantitative estimate of drug-likeness (QED) is 0.364. The predicted octanol–water partition coefficient (Wildman–Crippen LogP) is 5.41. The summed E-state index contributed by atoms with van der Waals surface area (Å²) in [5.41, 5.74) is 5.52. The van der Waals surface area contributed by atoms with Crippen LogP contribution < -0.4 is 15.5 Å². The van der Waals surface area contributed by atoms with Crippen LogP contribution in [0.25, 0.3) is 10.3 Å². The molecule has 8 nitrogen and oxygen atoms in total. The van der Waals surface area contributed by atoms with E-state index in [1.165, 1.54) is 11.3 Å². The minimum absolute atomic E-state index is 0.371. The van der Waals surface area contributed by atoms with Crippen LogP contribution in [-0.4, -0.2) is 33.3 Å². The third kappa shape index (κ3) is 4.41. The van der Waals surface area contributed by atoms with Crippen LogP contribution in [0.1, 0.15) is 44.4 Å². The van der Waals surface area contributed by atoms with Crippen molar-refractivity contribution in [2.75, 3.05) is 5.32 Å². The van der Waals surface area contributed by atoms with Gasteiger partial charge >= 0.3 is 7.12 Å². The molecule has 3 heterocycles. The van der Waals surface area contributed by atoms with Gasteiger partial charge in [0, 0.05) is 5.69 Å². The van der Waals surface area contributed by atoms with Crippen molar-refractivity contribution in [2.24, 2.45) is 0 Å². The number of fused-ring (bicyclic) bond motifs is 1. The van der Waals surface area contributed by atoms with Gasteiger partial charge in [0.05, 0.1) is 28.3 Å². The van der Waals surface area contributed by atoms with Crippen LogP contribution in [0.15, 0.2) is 41.9 Å². The van der Waals surface area contributed by atoms with Crippen molar-refractivity contribution in [1.82, 2.24) is 15.0 Å². The second kappa shape index (κ2) is 8.85. The van der Waals surface area contributed by atoms with Gasteiger partial charge in [0.2, 0.25) is 11.8 Å². The van der Waals surface area contributed by atoms with E-state index in [-0.39, 0.29) is 0 Å². The molecule has 0 atom stereocenters. The van der Waals surface area contributed by atoms with Crippen LogP contribution in [-0.2, 0) is 9.31 Å². The summed E-state index contributed by atoms with van der Waals surface area (Å²) in [7, 11) is -0.425. The maximum Gasteiger partial charge on any atom is 0.494 e. The summed E-state index contributed by atoms with van der Waals surface area (Å²) in [6.07, 6.45) is 0. The van der Waals surface area contributed by atoms with E-state index in [0.29, 0.717) is 28.8 Å². The van der Waals surface area contributed by atoms with Crippen LogP contribution in [0.3, 0.4) is 0 Å². The second-order valence-corrected chi connectivity index (χ2v) is 10.7. The number of nitrogens with one attached hydrogen (secondary N) is 1. The van der Waals surface area contributed by atoms with Crippen LogP contribution in [0.5, 0.6) is 11.6 Å². The maximum absolute atomic E-state index is 9.24. The van der Waals surface area contributed by atoms with E-state index in [0.717, 1.165) is 27.0 Å². The first-order valence-corrected chi connectivity index (χ1v) is 12.5. The standard InChI is InChI=1S/C26H26BN5O3S/c1-15-11-17(13-28)12-16(2)20(15)33-23-21-22(29-14-36-21)31-24(32-23)30-19-9-7-18(8-10-19)27-34-25(3,4)26(5,6)35-27/h7-12,14H,1-6H3,(H,30,31,32). The topological polar surface area (TPSA) is 102 Å². The molecular weight excluding hydrogens is 473 g/mol. The Bertz CT molecular complexity index is 1450. The summed E-state index contributed by atoms with van der Waals surface area (Å²) >= 11 is 1.41. The fourth-order valence-corrected chi connectivity index (χ4v) is 4.62. The molecule has 182 valence electrons. The Morgan fingerprint density at radius 3 is 2.25 bits per heavy atom. The van der Waals surface area contributed by atoms with E-state index in [1.807, 2.05) is 65.8 Å². The predicted molar refractivity (Wildman–Crippen MR) is 141 cm³/mol. The highest BCUT2D eigenvalue weighted by molar-refractivity contribution is 7.17. The Labute approximate surface area is 214 Å². The number of ether oxygens (including phenoxy) is 1. The maximum atomic E-state index is 9.24. The molecule has 0 unspecified atom stereocenters. The highest BCUT2D eigenvalue weighted by atomic mass is 32.1. The molecule has 1 fully saturated rings. The molecule has 0 aliphatic carbocycles. The largest absolute Gasteiger partial charge is 0.494 e. The monoisotopic (exact) mass is 499 g/mol. The lowest BCUT2D eigenvalue weighted by Crippen LogP contribution is -2.41. The minimum Gasteiger partial charge on any atom is -0.437 e. The Kier molecular flexibility index (Phi) is 5.95. The number of hydrogen-bond donors (Lipinski definition) is 1. The van der Waals surface area contributed by atoms with Crippen molar-refractivity contribution in [1.29, 1.82) is 5.26 Å². The molecule has 2 aromatic heterocycles. The molecule has 10 heteroatoms. The van der Waals surface area contributed by atoms with Gasteiger partial charge in [0.15, 0.2) is 5.65 Å². The van der Waals surface area contributed by atoms with Crippen LogP contribution in [0.4, 0.5) is 11.6 Å². The van der Waals surface area contributed by atoms with E-state index in [4.69, 9.17) is 14.0 Å². The fourth-order valence-electron chi connectivity index (χ4n) is 3.97. The number of nitrogens with zero attached hydrogens (tertiary/aromatic N) is 4. The molecule has 2 aromatic carbocycles. The van der Waals surface area contributed by atoms with Crippen molar-refractivity contribution < 1.29 is 14.0 Å². The minimum atomic E-state index is -0.425. The third-order valence-corrected chi connectivity index (χ3v) is 7.45. The van der Waals surface area contributed by atoms with E-state index < -0.39 is 18.3 Å². The fraction of sp³-hybridized carbons (Fsp3) is 0.308. The summed E-state index contributed by atoms with van der Waals surface area (Å²) in [4.78, 5) is 13.5. The number of anilines is 2. The molecular formula is C26H26BN5O3S. The van der Waals surface area contributed by atoms with E-state index in [9.17, 15) is 5.26 Å². The van der Waals surface area contributed by atoms with Gasteiger partial charge in [0.1, 0.15) is 10.4 Å². The molecule has 1 N–H and O–H groups in total. The third-order valence-electron chi connectivity index (χ3n) is 6.64. The molecule has 0 amide bonds. The average molecular weight is 499 g/mol. The van der Waals surface area contributed by atoms with Crippen LogP contribution in [0, 0.1) is 25.2 Å². The van der Waals surface area contributed by atoms with Gasteiger partial charge in [-0.3, -0.25) is 0 Å². The van der Waals surface area contributed by atoms with Gasteiger partial charge in [-0.15, -0.1) is 11.3 Å². The molecule has 1 aliphatic rings. The number of aromatic nitrogens is 3. The zero-order chi connectivity index (χ0) is 25.7. The second-order valence-electron chi connectivity index (χ2n) is 9.85. The van der Waals surface area contributed by atoms with Crippen molar-refractivity contribution >= 4 is 45.9 Å². The van der Waals surface area contributed by atoms with Gasteiger partial charge in [0.25, 0.3) is 0 Å². The molecule has 36 heavy (non-hydrogen) atoms. The lowest BCUT2D eigenvalue weighted by Gasteiger charge is -2.32. The average Bonchev–Trinajstić information content (AvgIpc) is 3.37. The molecule has 1 aliphatic heterocycles. The van der Waals surface area contributed by atoms with Crippen molar-refractivity contribution in [3.63, 3.8) is 0 Å². The van der Waals surface area contributed by atoms with Crippen molar-refractivity contribution in [3.8, 4) is 17.7 Å². The molecule has 0 spiro atoms. The highest BCUT2D eigenvalue weighted by Gasteiger charge is 2.51. The summed E-state index contributed by atoms with van der Waals surface area (Å²) in [5, 5.41) is 12.5.